The number of hydrogen-bond acceptors (Lipinski definition) is 1. The maximum atomic E-state index is 13.6. The highest BCUT2D eigenvalue weighted by molar-refractivity contribution is 6.39. The Morgan fingerprint density at radius 2 is 1.58 bits per heavy atom. The van der Waals surface area contributed by atoms with Crippen molar-refractivity contribution >= 4 is 40.5 Å². The van der Waals surface area contributed by atoms with Crippen LogP contribution in [0.15, 0.2) is 30.3 Å². The van der Waals surface area contributed by atoms with E-state index in [1.165, 1.54) is 12.1 Å². The molecule has 0 bridgehead atoms. The normalized spacial score (nSPS) is 10.6. The lowest BCUT2D eigenvalue weighted by atomic mass is 10.2. The van der Waals surface area contributed by atoms with Crippen molar-refractivity contribution in [3.8, 4) is 0 Å². The van der Waals surface area contributed by atoms with E-state index in [1.807, 2.05) is 0 Å². The zero-order chi connectivity index (χ0) is 14.0. The maximum Gasteiger partial charge on any atom is 0.129 e. The van der Waals surface area contributed by atoms with E-state index >= 15 is 0 Å². The summed E-state index contributed by atoms with van der Waals surface area (Å²) in [6.07, 6.45) is 0. The number of rotatable bonds is 3. The molecule has 1 N–H and O–H groups in total. The molecule has 0 aliphatic carbocycles. The van der Waals surface area contributed by atoms with Gasteiger partial charge in [-0.25, -0.2) is 8.78 Å². The molecule has 0 amide bonds. The van der Waals surface area contributed by atoms with Crippen LogP contribution in [0.2, 0.25) is 15.1 Å². The van der Waals surface area contributed by atoms with Crippen molar-refractivity contribution in [2.45, 2.75) is 6.54 Å². The van der Waals surface area contributed by atoms with E-state index in [0.29, 0.717) is 16.3 Å². The van der Waals surface area contributed by atoms with Crippen LogP contribution in [-0.2, 0) is 6.54 Å². The summed E-state index contributed by atoms with van der Waals surface area (Å²) in [5.74, 6) is -0.973. The molecule has 2 aromatic carbocycles. The molecule has 0 aliphatic heterocycles. The van der Waals surface area contributed by atoms with Crippen LogP contribution >= 0.6 is 34.8 Å². The monoisotopic (exact) mass is 321 g/mol. The average molecular weight is 323 g/mol. The third kappa shape index (κ3) is 3.30. The summed E-state index contributed by atoms with van der Waals surface area (Å²) < 4.78 is 26.6. The van der Waals surface area contributed by atoms with E-state index in [4.69, 9.17) is 34.8 Å². The lowest BCUT2D eigenvalue weighted by Crippen LogP contribution is -2.04. The molecule has 0 saturated carbocycles. The minimum atomic E-state index is -0.538. The van der Waals surface area contributed by atoms with E-state index in [-0.39, 0.29) is 16.6 Å². The first-order valence-electron chi connectivity index (χ1n) is 5.30. The first-order chi connectivity index (χ1) is 8.99. The van der Waals surface area contributed by atoms with Gasteiger partial charge < -0.3 is 5.32 Å². The minimum absolute atomic E-state index is 0.0938. The highest BCUT2D eigenvalue weighted by atomic mass is 35.5. The van der Waals surface area contributed by atoms with E-state index < -0.39 is 11.6 Å². The summed E-state index contributed by atoms with van der Waals surface area (Å²) in [6, 6.07) is 6.64. The van der Waals surface area contributed by atoms with Crippen molar-refractivity contribution in [3.63, 3.8) is 0 Å². The van der Waals surface area contributed by atoms with Crippen LogP contribution in [0.25, 0.3) is 0 Å². The molecule has 0 radical (unpaired) electrons. The molecule has 0 atom stereocenters. The summed E-state index contributed by atoms with van der Waals surface area (Å²) in [5, 5.41) is 3.39. The van der Waals surface area contributed by atoms with Gasteiger partial charge in [-0.15, -0.1) is 0 Å². The SMILES string of the molecule is Fc1cc(Cl)c(NCc2c(F)cccc2Cl)c(Cl)c1. The molecule has 0 saturated heterocycles. The van der Waals surface area contributed by atoms with E-state index in [9.17, 15) is 8.78 Å². The summed E-state index contributed by atoms with van der Waals surface area (Å²) in [4.78, 5) is 0. The van der Waals surface area contributed by atoms with Gasteiger partial charge in [0, 0.05) is 17.1 Å². The Morgan fingerprint density at radius 1 is 0.947 bits per heavy atom. The van der Waals surface area contributed by atoms with Crippen molar-refractivity contribution in [2.24, 2.45) is 0 Å². The Hall–Kier alpha value is -1.03. The molecular weight excluding hydrogens is 315 g/mol. The quantitative estimate of drug-likeness (QED) is 0.782. The summed E-state index contributed by atoms with van der Waals surface area (Å²) >= 11 is 17.6. The maximum absolute atomic E-state index is 13.6. The van der Waals surface area contributed by atoms with Crippen LogP contribution in [0.5, 0.6) is 0 Å². The van der Waals surface area contributed by atoms with Gasteiger partial charge in [0.25, 0.3) is 0 Å². The smallest absolute Gasteiger partial charge is 0.129 e. The number of halogens is 5. The van der Waals surface area contributed by atoms with Crippen molar-refractivity contribution in [1.82, 2.24) is 0 Å². The molecule has 0 heterocycles. The molecular formula is C13H8Cl3F2N. The zero-order valence-electron chi connectivity index (χ0n) is 9.48. The van der Waals surface area contributed by atoms with Crippen molar-refractivity contribution in [2.75, 3.05) is 5.32 Å². The fraction of sp³-hybridized carbons (Fsp3) is 0.0769. The molecule has 0 aromatic heterocycles. The van der Waals surface area contributed by atoms with Gasteiger partial charge in [0.05, 0.1) is 15.7 Å². The fourth-order valence-electron chi connectivity index (χ4n) is 1.59. The van der Waals surface area contributed by atoms with E-state index in [1.54, 1.807) is 6.07 Å². The van der Waals surface area contributed by atoms with Gasteiger partial charge in [-0.1, -0.05) is 40.9 Å². The minimum Gasteiger partial charge on any atom is -0.378 e. The Morgan fingerprint density at radius 3 is 2.16 bits per heavy atom. The highest BCUT2D eigenvalue weighted by Gasteiger charge is 2.11. The molecule has 0 unspecified atom stereocenters. The summed E-state index contributed by atoms with van der Waals surface area (Å²) in [6.45, 7) is 0.0938. The Bertz CT molecular complexity index is 574. The van der Waals surface area contributed by atoms with E-state index in [0.717, 1.165) is 12.1 Å². The molecule has 6 heteroatoms. The van der Waals surface area contributed by atoms with Crippen LogP contribution in [0, 0.1) is 11.6 Å². The molecule has 0 spiro atoms. The third-order valence-corrected chi connectivity index (χ3v) is 3.46. The molecule has 2 aromatic rings. The molecule has 0 aliphatic rings. The number of benzene rings is 2. The average Bonchev–Trinajstić information content (AvgIpc) is 2.31. The van der Waals surface area contributed by atoms with Crippen molar-refractivity contribution in [3.05, 3.63) is 62.6 Å². The molecule has 0 fully saturated rings. The zero-order valence-corrected chi connectivity index (χ0v) is 11.8. The number of nitrogens with one attached hydrogen (secondary N) is 1. The van der Waals surface area contributed by atoms with Crippen LogP contribution in [0.1, 0.15) is 5.56 Å². The standard InChI is InChI=1S/C13H8Cl3F2N/c14-9-2-1-3-12(18)8(9)6-19-13-10(15)4-7(17)5-11(13)16/h1-5,19H,6H2. The first kappa shape index (κ1) is 14.4. The van der Waals surface area contributed by atoms with Crippen molar-refractivity contribution in [1.29, 1.82) is 0 Å². The highest BCUT2D eigenvalue weighted by Crippen LogP contribution is 2.32. The topological polar surface area (TPSA) is 12.0 Å². The number of anilines is 1. The second-order valence-corrected chi connectivity index (χ2v) is 5.02. The van der Waals surface area contributed by atoms with Gasteiger partial charge in [-0.05, 0) is 24.3 Å². The van der Waals surface area contributed by atoms with E-state index in [2.05, 4.69) is 5.32 Å². The summed E-state index contributed by atoms with van der Waals surface area (Å²) in [7, 11) is 0. The lowest BCUT2D eigenvalue weighted by molar-refractivity contribution is 0.613. The fourth-order valence-corrected chi connectivity index (χ4v) is 2.41. The first-order valence-corrected chi connectivity index (χ1v) is 6.43. The van der Waals surface area contributed by atoms with Gasteiger partial charge in [0.15, 0.2) is 0 Å². The van der Waals surface area contributed by atoms with Gasteiger partial charge in [-0.3, -0.25) is 0 Å². The van der Waals surface area contributed by atoms with Crippen LogP contribution < -0.4 is 5.32 Å². The Kier molecular flexibility index (Phi) is 4.50. The van der Waals surface area contributed by atoms with Crippen LogP contribution in [-0.4, -0.2) is 0 Å². The second-order valence-electron chi connectivity index (χ2n) is 3.80. The van der Waals surface area contributed by atoms with Crippen LogP contribution in [0.3, 0.4) is 0 Å². The van der Waals surface area contributed by atoms with Gasteiger partial charge in [0.2, 0.25) is 0 Å². The second kappa shape index (κ2) is 5.95. The predicted molar refractivity (Wildman–Crippen MR) is 75.2 cm³/mol. The molecule has 19 heavy (non-hydrogen) atoms. The van der Waals surface area contributed by atoms with Gasteiger partial charge in [0.1, 0.15) is 11.6 Å². The molecule has 2 rings (SSSR count). The molecule has 100 valence electrons. The van der Waals surface area contributed by atoms with Gasteiger partial charge >= 0.3 is 0 Å². The largest absolute Gasteiger partial charge is 0.378 e. The Labute approximate surface area is 124 Å². The van der Waals surface area contributed by atoms with Crippen LogP contribution in [0.4, 0.5) is 14.5 Å². The van der Waals surface area contributed by atoms with Gasteiger partial charge in [-0.2, -0.15) is 0 Å². The third-order valence-electron chi connectivity index (χ3n) is 2.51. The number of hydrogen-bond donors (Lipinski definition) is 1. The lowest BCUT2D eigenvalue weighted by Gasteiger charge is -2.12. The predicted octanol–water partition coefficient (Wildman–Crippen LogP) is 5.54. The summed E-state index contributed by atoms with van der Waals surface area (Å²) in [5.41, 5.74) is 0.629. The molecule has 1 nitrogen and oxygen atoms in total. The Balaban J connectivity index is 2.24. The van der Waals surface area contributed by atoms with Crippen molar-refractivity contribution < 1.29 is 8.78 Å².